The van der Waals surface area contributed by atoms with Gasteiger partial charge in [-0.25, -0.2) is 0 Å². The fourth-order valence-corrected chi connectivity index (χ4v) is 1.93. The molecule has 1 saturated heterocycles. The maximum Gasteiger partial charge on any atom is 0.267 e. The van der Waals surface area contributed by atoms with E-state index in [2.05, 4.69) is 15.6 Å². The lowest BCUT2D eigenvalue weighted by molar-refractivity contribution is 0.0948. The first-order chi connectivity index (χ1) is 7.36. The van der Waals surface area contributed by atoms with Crippen LogP contribution in [0.5, 0.6) is 0 Å². The van der Waals surface area contributed by atoms with Crippen molar-refractivity contribution >= 4 is 5.91 Å². The Labute approximate surface area is 89.5 Å². The van der Waals surface area contributed by atoms with Crippen molar-refractivity contribution in [3.63, 3.8) is 0 Å². The lowest BCUT2D eigenvalue weighted by Gasteiger charge is -2.10. The predicted octanol–water partition coefficient (Wildman–Crippen LogP) is 0.887. The van der Waals surface area contributed by atoms with Gasteiger partial charge in [-0.2, -0.15) is 0 Å². The van der Waals surface area contributed by atoms with E-state index in [4.69, 9.17) is 0 Å². The number of carbonyl (C=O) groups is 1. The number of nitrogens with one attached hydrogen (secondary N) is 3. The number of carbonyl (C=O) groups excluding carboxylic acids is 1. The number of amides is 1. The van der Waals surface area contributed by atoms with Gasteiger partial charge in [-0.05, 0) is 37.9 Å². The molecule has 0 saturated carbocycles. The number of rotatable bonds is 4. The average molecular weight is 207 g/mol. The Morgan fingerprint density at radius 2 is 2.53 bits per heavy atom. The van der Waals surface area contributed by atoms with Crippen LogP contribution in [0.2, 0.25) is 0 Å². The van der Waals surface area contributed by atoms with Crippen LogP contribution >= 0.6 is 0 Å². The van der Waals surface area contributed by atoms with Gasteiger partial charge in [-0.15, -0.1) is 0 Å². The first kappa shape index (κ1) is 10.2. The lowest BCUT2D eigenvalue weighted by atomic mass is 10.1. The molecule has 0 spiro atoms. The molecule has 4 nitrogen and oxygen atoms in total. The molecule has 1 aromatic heterocycles. The molecule has 1 atom stereocenters. The Bertz CT molecular complexity index is 302. The maximum absolute atomic E-state index is 11.5. The fourth-order valence-electron chi connectivity index (χ4n) is 1.93. The smallest absolute Gasteiger partial charge is 0.267 e. The van der Waals surface area contributed by atoms with E-state index in [-0.39, 0.29) is 5.91 Å². The predicted molar refractivity (Wildman–Crippen MR) is 58.8 cm³/mol. The molecule has 82 valence electrons. The van der Waals surface area contributed by atoms with Gasteiger partial charge in [0.1, 0.15) is 5.69 Å². The van der Waals surface area contributed by atoms with Crippen LogP contribution in [0.3, 0.4) is 0 Å². The monoisotopic (exact) mass is 207 g/mol. The molecule has 0 aromatic carbocycles. The van der Waals surface area contributed by atoms with E-state index in [1.165, 1.54) is 12.8 Å². The van der Waals surface area contributed by atoms with Crippen LogP contribution in [0, 0.1) is 0 Å². The Balaban J connectivity index is 1.67. The van der Waals surface area contributed by atoms with Crippen LogP contribution in [-0.4, -0.2) is 30.0 Å². The summed E-state index contributed by atoms with van der Waals surface area (Å²) in [5.41, 5.74) is 0.634. The summed E-state index contributed by atoms with van der Waals surface area (Å²) in [5, 5.41) is 6.31. The normalized spacial score (nSPS) is 20.4. The first-order valence-corrected chi connectivity index (χ1v) is 5.51. The van der Waals surface area contributed by atoms with E-state index in [9.17, 15) is 4.79 Å². The van der Waals surface area contributed by atoms with E-state index in [1.807, 2.05) is 6.07 Å². The zero-order valence-electron chi connectivity index (χ0n) is 8.75. The van der Waals surface area contributed by atoms with Crippen molar-refractivity contribution in [3.8, 4) is 0 Å². The largest absolute Gasteiger partial charge is 0.357 e. The first-order valence-electron chi connectivity index (χ1n) is 5.51. The van der Waals surface area contributed by atoms with E-state index >= 15 is 0 Å². The Kier molecular flexibility index (Phi) is 3.40. The van der Waals surface area contributed by atoms with Crippen LogP contribution in [-0.2, 0) is 0 Å². The number of hydrogen-bond donors (Lipinski definition) is 3. The van der Waals surface area contributed by atoms with Crippen molar-refractivity contribution in [3.05, 3.63) is 24.0 Å². The molecule has 0 bridgehead atoms. The van der Waals surface area contributed by atoms with E-state index < -0.39 is 0 Å². The third-order valence-corrected chi connectivity index (χ3v) is 2.78. The van der Waals surface area contributed by atoms with Crippen LogP contribution in [0.15, 0.2) is 18.3 Å². The number of aromatic nitrogens is 1. The molecule has 2 heterocycles. The fraction of sp³-hybridized carbons (Fsp3) is 0.545. The highest BCUT2D eigenvalue weighted by atomic mass is 16.1. The van der Waals surface area contributed by atoms with Crippen LogP contribution in [0.1, 0.15) is 29.8 Å². The standard InChI is InChI=1S/C11H17N3O/c15-11(10-4-2-7-13-10)14-8-5-9-3-1-6-12-9/h2,4,7,9,12-13H,1,3,5-6,8H2,(H,14,15). The summed E-state index contributed by atoms with van der Waals surface area (Å²) >= 11 is 0. The average Bonchev–Trinajstić information content (AvgIpc) is 2.90. The van der Waals surface area contributed by atoms with Gasteiger partial charge >= 0.3 is 0 Å². The van der Waals surface area contributed by atoms with Gasteiger partial charge in [0.15, 0.2) is 0 Å². The molecule has 3 N–H and O–H groups in total. The second kappa shape index (κ2) is 4.98. The van der Waals surface area contributed by atoms with Crippen molar-refractivity contribution in [1.29, 1.82) is 0 Å². The van der Waals surface area contributed by atoms with Gasteiger partial charge in [0.2, 0.25) is 0 Å². The van der Waals surface area contributed by atoms with Gasteiger partial charge in [0.05, 0.1) is 0 Å². The van der Waals surface area contributed by atoms with Gasteiger partial charge < -0.3 is 15.6 Å². The molecule has 0 radical (unpaired) electrons. The summed E-state index contributed by atoms with van der Waals surface area (Å²) < 4.78 is 0. The van der Waals surface area contributed by atoms with Crippen LogP contribution in [0.25, 0.3) is 0 Å². The van der Waals surface area contributed by atoms with Gasteiger partial charge in [-0.3, -0.25) is 4.79 Å². The number of aromatic amines is 1. The number of hydrogen-bond acceptors (Lipinski definition) is 2. The molecule has 1 amide bonds. The van der Waals surface area contributed by atoms with Crippen molar-refractivity contribution in [1.82, 2.24) is 15.6 Å². The van der Waals surface area contributed by atoms with Gasteiger partial charge in [-0.1, -0.05) is 0 Å². The SMILES string of the molecule is O=C(NCCC1CCCN1)c1ccc[nH]1. The quantitative estimate of drug-likeness (QED) is 0.686. The van der Waals surface area contributed by atoms with E-state index in [0.29, 0.717) is 11.7 Å². The Morgan fingerprint density at radius 3 is 3.20 bits per heavy atom. The van der Waals surface area contributed by atoms with Gasteiger partial charge in [0, 0.05) is 18.8 Å². The maximum atomic E-state index is 11.5. The van der Waals surface area contributed by atoms with Crippen LogP contribution < -0.4 is 10.6 Å². The minimum atomic E-state index is -0.0157. The van der Waals surface area contributed by atoms with Gasteiger partial charge in [0.25, 0.3) is 5.91 Å². The highest BCUT2D eigenvalue weighted by molar-refractivity contribution is 5.92. The molecule has 0 aliphatic carbocycles. The summed E-state index contributed by atoms with van der Waals surface area (Å²) in [5.74, 6) is -0.0157. The molecular formula is C11H17N3O. The molecular weight excluding hydrogens is 190 g/mol. The molecule has 1 aliphatic heterocycles. The van der Waals surface area contributed by atoms with E-state index in [0.717, 1.165) is 19.5 Å². The molecule has 1 aromatic rings. The summed E-state index contributed by atoms with van der Waals surface area (Å²) in [7, 11) is 0. The molecule has 2 rings (SSSR count). The molecule has 15 heavy (non-hydrogen) atoms. The highest BCUT2D eigenvalue weighted by Crippen LogP contribution is 2.07. The second-order valence-corrected chi connectivity index (χ2v) is 3.92. The number of H-pyrrole nitrogens is 1. The second-order valence-electron chi connectivity index (χ2n) is 3.92. The highest BCUT2D eigenvalue weighted by Gasteiger charge is 2.13. The zero-order valence-corrected chi connectivity index (χ0v) is 8.75. The zero-order chi connectivity index (χ0) is 10.5. The third kappa shape index (κ3) is 2.83. The summed E-state index contributed by atoms with van der Waals surface area (Å²) in [6.45, 7) is 1.87. The summed E-state index contributed by atoms with van der Waals surface area (Å²) in [6.07, 6.45) is 5.27. The molecule has 1 fully saturated rings. The van der Waals surface area contributed by atoms with Crippen molar-refractivity contribution in [2.45, 2.75) is 25.3 Å². The van der Waals surface area contributed by atoms with E-state index in [1.54, 1.807) is 12.3 Å². The molecule has 1 unspecified atom stereocenters. The van der Waals surface area contributed by atoms with Crippen molar-refractivity contribution in [2.75, 3.05) is 13.1 Å². The minimum absolute atomic E-state index is 0.0157. The Morgan fingerprint density at radius 1 is 1.60 bits per heavy atom. The van der Waals surface area contributed by atoms with Crippen LogP contribution in [0.4, 0.5) is 0 Å². The van der Waals surface area contributed by atoms with Crippen molar-refractivity contribution in [2.24, 2.45) is 0 Å². The van der Waals surface area contributed by atoms with Crippen molar-refractivity contribution < 1.29 is 4.79 Å². The minimum Gasteiger partial charge on any atom is -0.357 e. The lowest BCUT2D eigenvalue weighted by Crippen LogP contribution is -2.30. The molecule has 4 heteroatoms. The molecule has 1 aliphatic rings. The third-order valence-electron chi connectivity index (χ3n) is 2.78. The topological polar surface area (TPSA) is 56.9 Å². The summed E-state index contributed by atoms with van der Waals surface area (Å²) in [4.78, 5) is 14.4. The summed E-state index contributed by atoms with van der Waals surface area (Å²) in [6, 6.07) is 4.20. The Hall–Kier alpha value is -1.29.